The van der Waals surface area contributed by atoms with E-state index in [1.165, 1.54) is 11.5 Å². The molecular formula is C15H24N2O2SSi. The van der Waals surface area contributed by atoms with Crippen molar-refractivity contribution in [2.24, 2.45) is 0 Å². The molecule has 1 aromatic heterocycles. The Balaban J connectivity index is 2.35. The van der Waals surface area contributed by atoms with Crippen molar-refractivity contribution in [2.75, 3.05) is 11.9 Å². The molecule has 0 aromatic carbocycles. The molecule has 0 bridgehead atoms. The highest BCUT2D eigenvalue weighted by molar-refractivity contribution is 7.10. The Morgan fingerprint density at radius 1 is 1.48 bits per heavy atom. The second kappa shape index (κ2) is 7.21. The van der Waals surface area contributed by atoms with E-state index in [-0.39, 0.29) is 10.9 Å². The molecule has 0 fully saturated rings. The largest absolute Gasteiger partial charge is 0.416 e. The van der Waals surface area contributed by atoms with Crippen LogP contribution in [0, 0.1) is 18.8 Å². The molecule has 0 radical (unpaired) electrons. The summed E-state index contributed by atoms with van der Waals surface area (Å²) < 4.78 is 10.1. The summed E-state index contributed by atoms with van der Waals surface area (Å²) in [7, 11) is -1.72. The first-order valence-electron chi connectivity index (χ1n) is 6.99. The number of nitrogens with zero attached hydrogens (tertiary/aromatic N) is 1. The zero-order chi connectivity index (χ0) is 16.1. The fourth-order valence-electron chi connectivity index (χ4n) is 1.28. The van der Waals surface area contributed by atoms with Gasteiger partial charge in [0.05, 0.1) is 5.69 Å². The van der Waals surface area contributed by atoms with Crippen molar-refractivity contribution in [3.05, 3.63) is 11.8 Å². The molecule has 21 heavy (non-hydrogen) atoms. The number of rotatable bonds is 4. The lowest BCUT2D eigenvalue weighted by molar-refractivity contribution is -0.111. The van der Waals surface area contributed by atoms with Gasteiger partial charge >= 0.3 is 5.91 Å². The van der Waals surface area contributed by atoms with Crippen molar-refractivity contribution >= 4 is 30.8 Å². The number of carbonyl (C=O) groups is 1. The Hall–Kier alpha value is -1.16. The van der Waals surface area contributed by atoms with E-state index in [2.05, 4.69) is 55.4 Å². The van der Waals surface area contributed by atoms with Crippen LogP contribution in [0.4, 0.5) is 5.00 Å². The van der Waals surface area contributed by atoms with Gasteiger partial charge in [0.2, 0.25) is 0 Å². The van der Waals surface area contributed by atoms with Crippen LogP contribution in [0.3, 0.4) is 0 Å². The van der Waals surface area contributed by atoms with Gasteiger partial charge in [-0.2, -0.15) is 4.37 Å². The summed E-state index contributed by atoms with van der Waals surface area (Å²) in [5.41, 5.74) is 0.894. The zero-order valence-electron chi connectivity index (χ0n) is 13.7. The van der Waals surface area contributed by atoms with Crippen molar-refractivity contribution in [1.29, 1.82) is 0 Å². The molecule has 0 aliphatic rings. The van der Waals surface area contributed by atoms with Crippen molar-refractivity contribution in [1.82, 2.24) is 4.37 Å². The summed E-state index contributed by atoms with van der Waals surface area (Å²) in [5.74, 6) is 5.14. The summed E-state index contributed by atoms with van der Waals surface area (Å²) in [4.78, 5) is 11.6. The third kappa shape index (κ3) is 6.00. The van der Waals surface area contributed by atoms with Gasteiger partial charge in [-0.15, -0.1) is 0 Å². The average Bonchev–Trinajstić information content (AvgIpc) is 2.72. The fraction of sp³-hybridized carbons (Fsp3) is 0.600. The van der Waals surface area contributed by atoms with E-state index in [1.807, 2.05) is 13.0 Å². The lowest BCUT2D eigenvalue weighted by atomic mass is 10.2. The molecule has 0 atom stereocenters. The van der Waals surface area contributed by atoms with Crippen LogP contribution in [0.1, 0.15) is 32.9 Å². The summed E-state index contributed by atoms with van der Waals surface area (Å²) in [6, 6.07) is 1.82. The summed E-state index contributed by atoms with van der Waals surface area (Å²) >= 11 is 1.26. The van der Waals surface area contributed by atoms with E-state index < -0.39 is 8.32 Å². The van der Waals surface area contributed by atoms with Crippen LogP contribution in [0.2, 0.25) is 18.1 Å². The summed E-state index contributed by atoms with van der Waals surface area (Å²) in [6.07, 6.45) is 0.571. The monoisotopic (exact) mass is 324 g/mol. The Morgan fingerprint density at radius 3 is 2.67 bits per heavy atom. The Labute approximate surface area is 132 Å². The predicted octanol–water partition coefficient (Wildman–Crippen LogP) is 3.81. The van der Waals surface area contributed by atoms with Gasteiger partial charge in [0.1, 0.15) is 5.00 Å². The molecule has 0 aliphatic carbocycles. The van der Waals surface area contributed by atoms with E-state index in [4.69, 9.17) is 4.43 Å². The summed E-state index contributed by atoms with van der Waals surface area (Å²) in [5, 5.41) is 3.63. The number of aryl methyl sites for hydroxylation is 1. The normalized spacial score (nSPS) is 11.7. The SMILES string of the molecule is Cc1cc(NC(=O)C#CCCO[Si](C)(C)C(C)(C)C)sn1. The van der Waals surface area contributed by atoms with Gasteiger partial charge in [-0.1, -0.05) is 26.7 Å². The molecule has 1 amide bonds. The van der Waals surface area contributed by atoms with Crippen LogP contribution >= 0.6 is 11.5 Å². The highest BCUT2D eigenvalue weighted by Gasteiger charge is 2.36. The number of amides is 1. The minimum absolute atomic E-state index is 0.196. The van der Waals surface area contributed by atoms with Crippen molar-refractivity contribution in [2.45, 2.75) is 52.2 Å². The molecule has 0 saturated heterocycles. The van der Waals surface area contributed by atoms with Crippen LogP contribution in [0.5, 0.6) is 0 Å². The topological polar surface area (TPSA) is 51.2 Å². The van der Waals surface area contributed by atoms with Crippen LogP contribution < -0.4 is 5.32 Å². The number of hydrogen-bond acceptors (Lipinski definition) is 4. The maximum absolute atomic E-state index is 11.6. The number of carbonyl (C=O) groups excluding carboxylic acids is 1. The standard InChI is InChI=1S/C15H24N2O2SSi/c1-12-11-14(20-17-12)16-13(18)9-7-8-10-19-21(5,6)15(2,3)4/h11H,8,10H2,1-6H3,(H,16,18). The second-order valence-electron chi connectivity index (χ2n) is 6.45. The van der Waals surface area contributed by atoms with Gasteiger partial charge in [0, 0.05) is 13.0 Å². The van der Waals surface area contributed by atoms with Gasteiger partial charge in [-0.05, 0) is 48.6 Å². The van der Waals surface area contributed by atoms with E-state index in [1.54, 1.807) is 0 Å². The highest BCUT2D eigenvalue weighted by atomic mass is 32.1. The molecule has 1 aromatic rings. The van der Waals surface area contributed by atoms with Gasteiger partial charge < -0.3 is 9.74 Å². The maximum atomic E-state index is 11.6. The molecule has 4 nitrogen and oxygen atoms in total. The summed E-state index contributed by atoms with van der Waals surface area (Å²) in [6.45, 7) is 13.5. The average molecular weight is 325 g/mol. The third-order valence-electron chi connectivity index (χ3n) is 3.56. The first kappa shape index (κ1) is 17.9. The molecule has 116 valence electrons. The van der Waals surface area contributed by atoms with E-state index in [9.17, 15) is 4.79 Å². The number of anilines is 1. The Kier molecular flexibility index (Phi) is 6.14. The first-order valence-corrected chi connectivity index (χ1v) is 10.7. The molecule has 1 N–H and O–H groups in total. The van der Waals surface area contributed by atoms with Crippen molar-refractivity contribution in [3.8, 4) is 11.8 Å². The number of aromatic nitrogens is 1. The lowest BCUT2D eigenvalue weighted by Gasteiger charge is -2.35. The first-order chi connectivity index (χ1) is 9.62. The molecule has 1 heterocycles. The highest BCUT2D eigenvalue weighted by Crippen LogP contribution is 2.36. The van der Waals surface area contributed by atoms with Crippen LogP contribution in [-0.2, 0) is 9.22 Å². The van der Waals surface area contributed by atoms with Crippen molar-refractivity contribution in [3.63, 3.8) is 0 Å². The van der Waals surface area contributed by atoms with Gasteiger partial charge in [0.25, 0.3) is 0 Å². The molecule has 6 heteroatoms. The fourth-order valence-corrected chi connectivity index (χ4v) is 2.98. The molecular weight excluding hydrogens is 300 g/mol. The van der Waals surface area contributed by atoms with Gasteiger partial charge in [-0.3, -0.25) is 4.79 Å². The Bertz CT molecular complexity index is 550. The minimum atomic E-state index is -1.72. The quantitative estimate of drug-likeness (QED) is 0.520. The minimum Gasteiger partial charge on any atom is -0.416 e. The molecule has 0 aliphatic heterocycles. The smallest absolute Gasteiger partial charge is 0.300 e. The van der Waals surface area contributed by atoms with E-state index in [0.717, 1.165) is 10.7 Å². The van der Waals surface area contributed by atoms with E-state index >= 15 is 0 Å². The number of nitrogens with one attached hydrogen (secondary N) is 1. The predicted molar refractivity (Wildman–Crippen MR) is 91.0 cm³/mol. The van der Waals surface area contributed by atoms with E-state index in [0.29, 0.717) is 13.0 Å². The van der Waals surface area contributed by atoms with Gasteiger partial charge in [0.15, 0.2) is 8.32 Å². The van der Waals surface area contributed by atoms with Crippen molar-refractivity contribution < 1.29 is 9.22 Å². The number of hydrogen-bond donors (Lipinski definition) is 1. The lowest BCUT2D eigenvalue weighted by Crippen LogP contribution is -2.40. The molecule has 1 rings (SSSR count). The van der Waals surface area contributed by atoms with Gasteiger partial charge in [-0.25, -0.2) is 0 Å². The second-order valence-corrected chi connectivity index (χ2v) is 12.1. The molecule has 0 unspecified atom stereocenters. The Morgan fingerprint density at radius 2 is 2.14 bits per heavy atom. The molecule has 0 spiro atoms. The van der Waals surface area contributed by atoms with Crippen LogP contribution in [-0.4, -0.2) is 25.2 Å². The third-order valence-corrected chi connectivity index (χ3v) is 8.90. The van der Waals surface area contributed by atoms with Crippen LogP contribution in [0.15, 0.2) is 6.07 Å². The maximum Gasteiger partial charge on any atom is 0.300 e. The van der Waals surface area contributed by atoms with Crippen LogP contribution in [0.25, 0.3) is 0 Å². The molecule has 0 saturated carbocycles. The zero-order valence-corrected chi connectivity index (χ0v) is 15.5.